The zero-order chi connectivity index (χ0) is 22.1. The highest BCUT2D eigenvalue weighted by Gasteiger charge is 2.37. The van der Waals surface area contributed by atoms with Gasteiger partial charge in [0.25, 0.3) is 11.8 Å². The Morgan fingerprint density at radius 3 is 2.29 bits per heavy atom. The maximum absolute atomic E-state index is 12.8. The van der Waals surface area contributed by atoms with Crippen molar-refractivity contribution in [1.29, 1.82) is 0 Å². The van der Waals surface area contributed by atoms with Gasteiger partial charge in [0.15, 0.2) is 12.4 Å². The third kappa shape index (κ3) is 3.81. The summed E-state index contributed by atoms with van der Waals surface area (Å²) in [6, 6.07) is 17.5. The number of carbonyl (C=O) groups excluding carboxylic acids is 4. The first-order chi connectivity index (χ1) is 14.8. The highest BCUT2D eigenvalue weighted by Crippen LogP contribution is 2.29. The van der Waals surface area contributed by atoms with Crippen LogP contribution in [-0.2, 0) is 4.74 Å². The normalized spacial score (nSPS) is 12.6. The Bertz CT molecular complexity index is 1230. The van der Waals surface area contributed by atoms with Gasteiger partial charge in [0.2, 0.25) is 0 Å². The summed E-state index contributed by atoms with van der Waals surface area (Å²) in [7, 11) is 0. The second kappa shape index (κ2) is 7.87. The first-order valence-electron chi connectivity index (χ1n) is 9.50. The Kier molecular flexibility index (Phi) is 5.09. The second-order valence-corrected chi connectivity index (χ2v) is 7.17. The molecule has 0 unspecified atom stereocenters. The number of ether oxygens (including phenoxy) is 1. The predicted octanol–water partition coefficient (Wildman–Crippen LogP) is 3.42. The van der Waals surface area contributed by atoms with Gasteiger partial charge in [-0.3, -0.25) is 14.4 Å². The van der Waals surface area contributed by atoms with Crippen molar-refractivity contribution in [2.24, 2.45) is 0 Å². The summed E-state index contributed by atoms with van der Waals surface area (Å²) in [5.41, 5.74) is 8.26. The van der Waals surface area contributed by atoms with Crippen LogP contribution in [0.3, 0.4) is 0 Å². The largest absolute Gasteiger partial charge is 0.454 e. The van der Waals surface area contributed by atoms with E-state index in [4.69, 9.17) is 10.5 Å². The van der Waals surface area contributed by atoms with Crippen LogP contribution in [0.15, 0.2) is 66.7 Å². The molecule has 0 saturated carbocycles. The van der Waals surface area contributed by atoms with Crippen LogP contribution in [0.1, 0.15) is 47.0 Å². The third-order valence-corrected chi connectivity index (χ3v) is 4.96. The van der Waals surface area contributed by atoms with Crippen LogP contribution in [0, 0.1) is 6.92 Å². The molecule has 7 heteroatoms. The molecule has 2 amide bonds. The quantitative estimate of drug-likeness (QED) is 0.297. The van der Waals surface area contributed by atoms with E-state index in [2.05, 4.69) is 0 Å². The number of carbonyl (C=O) groups is 4. The molecule has 3 aromatic rings. The van der Waals surface area contributed by atoms with Crippen molar-refractivity contribution in [2.75, 3.05) is 17.2 Å². The van der Waals surface area contributed by atoms with Gasteiger partial charge in [0, 0.05) is 11.3 Å². The van der Waals surface area contributed by atoms with Gasteiger partial charge in [-0.05, 0) is 49.4 Å². The summed E-state index contributed by atoms with van der Waals surface area (Å²) in [6.07, 6.45) is 0. The first kappa shape index (κ1) is 20.0. The molecule has 3 aromatic carbocycles. The summed E-state index contributed by atoms with van der Waals surface area (Å²) in [6.45, 7) is 1.43. The molecule has 0 saturated heterocycles. The van der Waals surface area contributed by atoms with Crippen LogP contribution in [0.2, 0.25) is 0 Å². The molecule has 0 aliphatic carbocycles. The molecule has 1 aliphatic heterocycles. The van der Waals surface area contributed by atoms with Gasteiger partial charge in [-0.2, -0.15) is 0 Å². The van der Waals surface area contributed by atoms with E-state index in [0.717, 1.165) is 10.5 Å². The van der Waals surface area contributed by atoms with Crippen LogP contribution in [0.4, 0.5) is 11.4 Å². The molecule has 0 aromatic heterocycles. The molecule has 7 nitrogen and oxygen atoms in total. The fraction of sp³-hybridized carbons (Fsp3) is 0.0833. The number of nitrogens with zero attached hydrogens (tertiary/aromatic N) is 1. The molecule has 0 bridgehead atoms. The lowest BCUT2D eigenvalue weighted by Crippen LogP contribution is -2.29. The van der Waals surface area contributed by atoms with Crippen LogP contribution >= 0.6 is 0 Å². The Morgan fingerprint density at radius 1 is 0.871 bits per heavy atom. The molecule has 1 aliphatic rings. The fourth-order valence-electron chi connectivity index (χ4n) is 3.31. The monoisotopic (exact) mass is 414 g/mol. The molecule has 0 fully saturated rings. The van der Waals surface area contributed by atoms with Crippen molar-refractivity contribution in [2.45, 2.75) is 6.92 Å². The average Bonchev–Trinajstić information content (AvgIpc) is 3.02. The van der Waals surface area contributed by atoms with E-state index in [1.807, 2.05) is 6.92 Å². The van der Waals surface area contributed by atoms with Crippen LogP contribution in [-0.4, -0.2) is 30.2 Å². The molecular formula is C24H18N2O5. The molecule has 1 heterocycles. The second-order valence-electron chi connectivity index (χ2n) is 7.17. The number of benzene rings is 3. The number of rotatable bonds is 5. The van der Waals surface area contributed by atoms with Gasteiger partial charge in [-0.15, -0.1) is 0 Å². The van der Waals surface area contributed by atoms with Crippen molar-refractivity contribution in [3.05, 3.63) is 94.5 Å². The number of nitrogen functional groups attached to an aromatic ring is 1. The van der Waals surface area contributed by atoms with E-state index in [9.17, 15) is 19.2 Å². The van der Waals surface area contributed by atoms with E-state index in [-0.39, 0.29) is 16.7 Å². The number of nitrogens with two attached hydrogens (primary N) is 1. The fourth-order valence-corrected chi connectivity index (χ4v) is 3.31. The summed E-state index contributed by atoms with van der Waals surface area (Å²) in [5, 5.41) is 0. The Morgan fingerprint density at radius 2 is 1.58 bits per heavy atom. The third-order valence-electron chi connectivity index (χ3n) is 4.96. The number of aryl methyl sites for hydroxylation is 1. The molecule has 0 radical (unpaired) electrons. The number of ketones is 1. The molecule has 154 valence electrons. The lowest BCUT2D eigenvalue weighted by molar-refractivity contribution is 0.0474. The molecule has 0 atom stereocenters. The van der Waals surface area contributed by atoms with E-state index in [1.54, 1.807) is 42.5 Å². The average molecular weight is 414 g/mol. The standard InChI is InChI=1S/C24H18N2O5/c1-14-5-8-18(9-6-14)26-22(28)19-10-7-16(12-20(19)23(26)29)24(30)31-13-21(27)15-3-2-4-17(25)11-15/h2-12H,13,25H2,1H3. The van der Waals surface area contributed by atoms with Gasteiger partial charge in [-0.1, -0.05) is 29.8 Å². The number of imide groups is 1. The van der Waals surface area contributed by atoms with Gasteiger partial charge >= 0.3 is 5.97 Å². The Labute approximate surface area is 178 Å². The van der Waals surface area contributed by atoms with Crippen molar-refractivity contribution in [1.82, 2.24) is 0 Å². The summed E-state index contributed by atoms with van der Waals surface area (Å²) >= 11 is 0. The number of Topliss-reactive ketones (excluding diaryl/α,β-unsaturated/α-hetero) is 1. The van der Waals surface area contributed by atoms with Crippen molar-refractivity contribution in [3.8, 4) is 0 Å². The number of anilines is 2. The first-order valence-corrected chi connectivity index (χ1v) is 9.50. The van der Waals surface area contributed by atoms with Crippen LogP contribution in [0.5, 0.6) is 0 Å². The van der Waals surface area contributed by atoms with Crippen LogP contribution < -0.4 is 10.6 Å². The van der Waals surface area contributed by atoms with Crippen molar-refractivity contribution in [3.63, 3.8) is 0 Å². The molecule has 4 rings (SSSR count). The van der Waals surface area contributed by atoms with Gasteiger partial charge < -0.3 is 10.5 Å². The zero-order valence-corrected chi connectivity index (χ0v) is 16.6. The highest BCUT2D eigenvalue weighted by atomic mass is 16.5. The lowest BCUT2D eigenvalue weighted by Gasteiger charge is -2.13. The number of hydrogen-bond donors (Lipinski definition) is 1. The van der Waals surface area contributed by atoms with Crippen molar-refractivity contribution < 1.29 is 23.9 Å². The predicted molar refractivity (Wildman–Crippen MR) is 114 cm³/mol. The van der Waals surface area contributed by atoms with Gasteiger partial charge in [0.05, 0.1) is 22.4 Å². The van der Waals surface area contributed by atoms with Gasteiger partial charge in [-0.25, -0.2) is 9.69 Å². The van der Waals surface area contributed by atoms with Gasteiger partial charge in [0.1, 0.15) is 0 Å². The van der Waals surface area contributed by atoms with Crippen molar-refractivity contribution >= 4 is 34.9 Å². The number of fused-ring (bicyclic) bond motifs is 1. The highest BCUT2D eigenvalue weighted by molar-refractivity contribution is 6.34. The van der Waals surface area contributed by atoms with Crippen LogP contribution in [0.25, 0.3) is 0 Å². The number of hydrogen-bond acceptors (Lipinski definition) is 6. The van der Waals surface area contributed by atoms with E-state index >= 15 is 0 Å². The van der Waals surface area contributed by atoms with E-state index in [0.29, 0.717) is 16.9 Å². The maximum atomic E-state index is 12.8. The maximum Gasteiger partial charge on any atom is 0.338 e. The minimum atomic E-state index is -0.769. The summed E-state index contributed by atoms with van der Waals surface area (Å²) in [4.78, 5) is 51.2. The minimum absolute atomic E-state index is 0.0750. The molecule has 0 spiro atoms. The smallest absolute Gasteiger partial charge is 0.338 e. The molecular weight excluding hydrogens is 396 g/mol. The molecule has 31 heavy (non-hydrogen) atoms. The lowest BCUT2D eigenvalue weighted by atomic mass is 10.1. The Balaban J connectivity index is 1.51. The zero-order valence-electron chi connectivity index (χ0n) is 16.6. The summed E-state index contributed by atoms with van der Waals surface area (Å²) < 4.78 is 5.09. The van der Waals surface area contributed by atoms with E-state index in [1.165, 1.54) is 24.3 Å². The summed E-state index contributed by atoms with van der Waals surface area (Å²) in [5.74, 6) is -2.15. The minimum Gasteiger partial charge on any atom is -0.454 e. The Hall–Kier alpha value is -4.26. The number of esters is 1. The number of amides is 2. The SMILES string of the molecule is Cc1ccc(N2C(=O)c3ccc(C(=O)OCC(=O)c4cccc(N)c4)cc3C2=O)cc1. The topological polar surface area (TPSA) is 107 Å². The van der Waals surface area contributed by atoms with E-state index < -0.39 is 30.2 Å². The molecule has 2 N–H and O–H groups in total.